The molecule has 0 heterocycles. The van der Waals surface area contributed by atoms with Crippen molar-refractivity contribution in [2.45, 2.75) is 19.4 Å². The van der Waals surface area contributed by atoms with E-state index in [-0.39, 0.29) is 0 Å². The second kappa shape index (κ2) is 9.52. The Morgan fingerprint density at radius 1 is 0.769 bits per heavy atom. The number of benzene rings is 3. The zero-order valence-electron chi connectivity index (χ0n) is 15.2. The fraction of sp³-hybridized carbons (Fsp3) is 0.217. The van der Waals surface area contributed by atoms with Crippen molar-refractivity contribution in [1.82, 2.24) is 0 Å². The lowest BCUT2D eigenvalue weighted by molar-refractivity contribution is 0.311. The molecule has 0 saturated carbocycles. The Balaban J connectivity index is 1.45. The molecule has 0 aliphatic carbocycles. The van der Waals surface area contributed by atoms with E-state index in [4.69, 9.17) is 9.47 Å². The Bertz CT molecular complexity index is 785. The molecule has 134 valence electrons. The van der Waals surface area contributed by atoms with E-state index >= 15 is 0 Å². The Morgan fingerprint density at radius 3 is 2.35 bits per heavy atom. The van der Waals surface area contributed by atoms with E-state index in [2.05, 4.69) is 47.8 Å². The SMILES string of the molecule is COc1ccc(CNc2cccc(OCCCc3ccccc3)c2)cc1. The number of rotatable bonds is 9. The lowest BCUT2D eigenvalue weighted by Crippen LogP contribution is -2.02. The van der Waals surface area contributed by atoms with Crippen molar-refractivity contribution in [2.75, 3.05) is 19.0 Å². The molecule has 3 nitrogen and oxygen atoms in total. The molecule has 0 spiro atoms. The quantitative estimate of drug-likeness (QED) is 0.532. The van der Waals surface area contributed by atoms with Crippen LogP contribution in [-0.4, -0.2) is 13.7 Å². The van der Waals surface area contributed by atoms with Gasteiger partial charge in [-0.15, -0.1) is 0 Å². The van der Waals surface area contributed by atoms with Gasteiger partial charge in [-0.3, -0.25) is 0 Å². The maximum atomic E-state index is 5.89. The molecule has 0 saturated heterocycles. The topological polar surface area (TPSA) is 30.5 Å². The summed E-state index contributed by atoms with van der Waals surface area (Å²) in [5.41, 5.74) is 3.62. The summed E-state index contributed by atoms with van der Waals surface area (Å²) < 4.78 is 11.1. The minimum Gasteiger partial charge on any atom is -0.497 e. The van der Waals surface area contributed by atoms with Crippen molar-refractivity contribution >= 4 is 5.69 Å². The molecular formula is C23H25NO2. The lowest BCUT2D eigenvalue weighted by Gasteiger charge is -2.10. The predicted molar refractivity (Wildman–Crippen MR) is 107 cm³/mol. The van der Waals surface area contributed by atoms with Gasteiger partial charge in [-0.05, 0) is 48.2 Å². The third-order valence-electron chi connectivity index (χ3n) is 4.21. The third-order valence-corrected chi connectivity index (χ3v) is 4.21. The molecular weight excluding hydrogens is 322 g/mol. The first-order chi connectivity index (χ1) is 12.8. The third kappa shape index (κ3) is 5.55. The van der Waals surface area contributed by atoms with Crippen LogP contribution < -0.4 is 14.8 Å². The molecule has 3 rings (SSSR count). The largest absolute Gasteiger partial charge is 0.497 e. The fourth-order valence-corrected chi connectivity index (χ4v) is 2.75. The Morgan fingerprint density at radius 2 is 1.58 bits per heavy atom. The Hall–Kier alpha value is -2.94. The normalized spacial score (nSPS) is 10.3. The van der Waals surface area contributed by atoms with E-state index in [0.29, 0.717) is 0 Å². The van der Waals surface area contributed by atoms with Gasteiger partial charge in [0.05, 0.1) is 13.7 Å². The average Bonchev–Trinajstić information content (AvgIpc) is 2.71. The molecule has 0 aliphatic rings. The van der Waals surface area contributed by atoms with Crippen molar-refractivity contribution in [2.24, 2.45) is 0 Å². The van der Waals surface area contributed by atoms with E-state index in [0.717, 1.165) is 43.2 Å². The highest BCUT2D eigenvalue weighted by Gasteiger charge is 1.99. The zero-order valence-corrected chi connectivity index (χ0v) is 15.2. The minimum absolute atomic E-state index is 0.719. The summed E-state index contributed by atoms with van der Waals surface area (Å²) in [6, 6.07) is 26.7. The van der Waals surface area contributed by atoms with Crippen molar-refractivity contribution in [3.8, 4) is 11.5 Å². The summed E-state index contributed by atoms with van der Waals surface area (Å²) in [4.78, 5) is 0. The van der Waals surface area contributed by atoms with Gasteiger partial charge in [0, 0.05) is 18.3 Å². The molecule has 26 heavy (non-hydrogen) atoms. The second-order valence-corrected chi connectivity index (χ2v) is 6.17. The van der Waals surface area contributed by atoms with Crippen LogP contribution in [0.2, 0.25) is 0 Å². The Labute approximate surface area is 155 Å². The number of nitrogens with one attached hydrogen (secondary N) is 1. The summed E-state index contributed by atoms with van der Waals surface area (Å²) in [5, 5.41) is 3.43. The van der Waals surface area contributed by atoms with Gasteiger partial charge in [0.2, 0.25) is 0 Å². The molecule has 0 unspecified atom stereocenters. The van der Waals surface area contributed by atoms with E-state index in [9.17, 15) is 0 Å². The van der Waals surface area contributed by atoms with Gasteiger partial charge in [0.15, 0.2) is 0 Å². The van der Waals surface area contributed by atoms with Crippen molar-refractivity contribution in [3.05, 3.63) is 90.0 Å². The van der Waals surface area contributed by atoms with E-state index in [1.54, 1.807) is 7.11 Å². The molecule has 3 aromatic rings. The first-order valence-electron chi connectivity index (χ1n) is 8.97. The molecule has 0 aromatic heterocycles. The van der Waals surface area contributed by atoms with Crippen LogP contribution in [0.3, 0.4) is 0 Å². The molecule has 1 N–H and O–H groups in total. The van der Waals surface area contributed by atoms with E-state index in [1.807, 2.05) is 36.4 Å². The van der Waals surface area contributed by atoms with Gasteiger partial charge in [-0.2, -0.15) is 0 Å². The summed E-state index contributed by atoms with van der Waals surface area (Å²) in [6.45, 7) is 1.48. The predicted octanol–water partition coefficient (Wildman–Crippen LogP) is 5.32. The molecule has 0 fully saturated rings. The maximum Gasteiger partial charge on any atom is 0.121 e. The summed E-state index contributed by atoms with van der Waals surface area (Å²) in [7, 11) is 1.68. The first-order valence-corrected chi connectivity index (χ1v) is 8.97. The van der Waals surface area contributed by atoms with Crippen LogP contribution >= 0.6 is 0 Å². The average molecular weight is 347 g/mol. The molecule has 3 heteroatoms. The highest BCUT2D eigenvalue weighted by molar-refractivity contribution is 5.48. The highest BCUT2D eigenvalue weighted by atomic mass is 16.5. The Kier molecular flexibility index (Phi) is 6.54. The summed E-state index contributed by atoms with van der Waals surface area (Å²) >= 11 is 0. The number of aryl methyl sites for hydroxylation is 1. The molecule has 0 bridgehead atoms. The number of hydrogen-bond acceptors (Lipinski definition) is 3. The molecule has 3 aromatic carbocycles. The number of ether oxygens (including phenoxy) is 2. The van der Waals surface area contributed by atoms with Crippen LogP contribution in [0.15, 0.2) is 78.9 Å². The van der Waals surface area contributed by atoms with Crippen molar-refractivity contribution in [1.29, 1.82) is 0 Å². The summed E-state index contributed by atoms with van der Waals surface area (Å²) in [5.74, 6) is 1.78. The van der Waals surface area contributed by atoms with Crippen molar-refractivity contribution < 1.29 is 9.47 Å². The summed E-state index contributed by atoms with van der Waals surface area (Å²) in [6.07, 6.45) is 2.05. The van der Waals surface area contributed by atoms with Gasteiger partial charge < -0.3 is 14.8 Å². The van der Waals surface area contributed by atoms with E-state index < -0.39 is 0 Å². The fourth-order valence-electron chi connectivity index (χ4n) is 2.75. The van der Waals surface area contributed by atoms with Crippen LogP contribution in [0.4, 0.5) is 5.69 Å². The van der Waals surface area contributed by atoms with Crippen LogP contribution in [-0.2, 0) is 13.0 Å². The lowest BCUT2D eigenvalue weighted by atomic mass is 10.1. The monoisotopic (exact) mass is 347 g/mol. The second-order valence-electron chi connectivity index (χ2n) is 6.17. The first kappa shape index (κ1) is 17.9. The van der Waals surface area contributed by atoms with Crippen LogP contribution in [0.1, 0.15) is 17.5 Å². The smallest absolute Gasteiger partial charge is 0.121 e. The van der Waals surface area contributed by atoms with Gasteiger partial charge in [0.1, 0.15) is 11.5 Å². The zero-order chi connectivity index (χ0) is 18.0. The molecule has 0 amide bonds. The van der Waals surface area contributed by atoms with Crippen LogP contribution in [0.25, 0.3) is 0 Å². The van der Waals surface area contributed by atoms with Crippen LogP contribution in [0.5, 0.6) is 11.5 Å². The maximum absolute atomic E-state index is 5.89. The molecule has 0 radical (unpaired) electrons. The van der Waals surface area contributed by atoms with Crippen molar-refractivity contribution in [3.63, 3.8) is 0 Å². The number of hydrogen-bond donors (Lipinski definition) is 1. The number of anilines is 1. The van der Waals surface area contributed by atoms with E-state index in [1.165, 1.54) is 11.1 Å². The number of methoxy groups -OCH3 is 1. The van der Waals surface area contributed by atoms with Gasteiger partial charge in [0.25, 0.3) is 0 Å². The highest BCUT2D eigenvalue weighted by Crippen LogP contribution is 2.19. The van der Waals surface area contributed by atoms with Gasteiger partial charge in [-0.25, -0.2) is 0 Å². The van der Waals surface area contributed by atoms with Gasteiger partial charge in [-0.1, -0.05) is 48.5 Å². The standard InChI is InChI=1S/C23H25NO2/c1-25-22-14-12-20(13-15-22)18-24-21-10-5-11-23(17-21)26-16-6-9-19-7-3-2-4-8-19/h2-5,7-8,10-15,17,24H,6,9,16,18H2,1H3. The molecule has 0 atom stereocenters. The van der Waals surface area contributed by atoms with Gasteiger partial charge >= 0.3 is 0 Å². The molecule has 0 aliphatic heterocycles. The minimum atomic E-state index is 0.719. The van der Waals surface area contributed by atoms with Crippen LogP contribution in [0, 0.1) is 0 Å².